The number of rotatable bonds is 5. The second-order valence-electron chi connectivity index (χ2n) is 5.99. The van der Waals surface area contributed by atoms with Crippen molar-refractivity contribution < 1.29 is 19.0 Å². The number of nitrogens with one attached hydrogen (secondary N) is 2. The summed E-state index contributed by atoms with van der Waals surface area (Å²) in [5, 5.41) is 6.62. The predicted octanol–water partition coefficient (Wildman–Crippen LogP) is 3.87. The number of carbonyl (C=O) groups excluding carboxylic acids is 1. The van der Waals surface area contributed by atoms with Crippen molar-refractivity contribution in [3.05, 3.63) is 40.9 Å². The number of anilines is 2. The van der Waals surface area contributed by atoms with E-state index in [2.05, 4.69) is 10.6 Å². The lowest BCUT2D eigenvalue weighted by molar-refractivity contribution is -0.116. The molecule has 138 valence electrons. The van der Waals surface area contributed by atoms with Crippen molar-refractivity contribution in [2.45, 2.75) is 19.9 Å². The highest BCUT2D eigenvalue weighted by molar-refractivity contribution is 6.31. The maximum atomic E-state index is 12.6. The van der Waals surface area contributed by atoms with Crippen LogP contribution in [0.1, 0.15) is 12.5 Å². The Kier molecular flexibility index (Phi) is 5.42. The molecule has 1 aliphatic heterocycles. The third-order valence-electron chi connectivity index (χ3n) is 4.07. The molecule has 1 heterocycles. The molecule has 0 saturated heterocycles. The molecule has 26 heavy (non-hydrogen) atoms. The number of hydrogen-bond acceptors (Lipinski definition) is 5. The lowest BCUT2D eigenvalue weighted by Gasteiger charge is -2.23. The number of carbonyl (C=O) groups is 1. The van der Waals surface area contributed by atoms with Crippen LogP contribution in [0.15, 0.2) is 30.3 Å². The van der Waals surface area contributed by atoms with E-state index in [1.807, 2.05) is 25.1 Å². The quantitative estimate of drug-likeness (QED) is 0.829. The molecule has 2 N–H and O–H groups in total. The Bertz CT molecular complexity index is 825. The van der Waals surface area contributed by atoms with Crippen molar-refractivity contribution >= 4 is 28.9 Å². The van der Waals surface area contributed by atoms with E-state index in [0.29, 0.717) is 46.9 Å². The molecule has 2 aromatic rings. The SMILES string of the molecule is COc1cc(Cl)c(C)cc1NC(=O)[C@H](C)Nc1cccc2c1OCCO2. The Morgan fingerprint density at radius 3 is 2.77 bits per heavy atom. The van der Waals surface area contributed by atoms with E-state index >= 15 is 0 Å². The van der Waals surface area contributed by atoms with E-state index in [1.165, 1.54) is 7.11 Å². The van der Waals surface area contributed by atoms with Gasteiger partial charge in [-0.2, -0.15) is 0 Å². The van der Waals surface area contributed by atoms with Crippen molar-refractivity contribution in [2.24, 2.45) is 0 Å². The molecule has 3 rings (SSSR count). The highest BCUT2D eigenvalue weighted by Gasteiger charge is 2.20. The molecule has 6 nitrogen and oxygen atoms in total. The molecule has 0 bridgehead atoms. The van der Waals surface area contributed by atoms with Gasteiger partial charge in [-0.05, 0) is 37.6 Å². The van der Waals surface area contributed by atoms with Gasteiger partial charge in [-0.3, -0.25) is 4.79 Å². The second-order valence-corrected chi connectivity index (χ2v) is 6.39. The first-order valence-electron chi connectivity index (χ1n) is 8.29. The van der Waals surface area contributed by atoms with Gasteiger partial charge in [-0.15, -0.1) is 0 Å². The largest absolute Gasteiger partial charge is 0.495 e. The zero-order valence-corrected chi connectivity index (χ0v) is 15.6. The average Bonchev–Trinajstić information content (AvgIpc) is 2.64. The number of aryl methyl sites for hydroxylation is 1. The standard InChI is InChI=1S/C19H21ClN2O4/c1-11-9-15(17(24-3)10-13(11)20)22-19(23)12(2)21-14-5-4-6-16-18(14)26-8-7-25-16/h4-6,9-10,12,21H,7-8H2,1-3H3,(H,22,23)/t12-/m0/s1. The van der Waals surface area contributed by atoms with Crippen molar-refractivity contribution in [2.75, 3.05) is 31.0 Å². The zero-order valence-electron chi connectivity index (χ0n) is 14.9. The minimum absolute atomic E-state index is 0.209. The zero-order chi connectivity index (χ0) is 18.7. The molecular formula is C19H21ClN2O4. The van der Waals surface area contributed by atoms with Crippen LogP contribution in [0, 0.1) is 6.92 Å². The Morgan fingerprint density at radius 1 is 1.23 bits per heavy atom. The van der Waals surface area contributed by atoms with E-state index in [1.54, 1.807) is 19.1 Å². The second kappa shape index (κ2) is 7.74. The summed E-state index contributed by atoms with van der Waals surface area (Å²) in [6, 6.07) is 8.51. The Hall–Kier alpha value is -2.60. The van der Waals surface area contributed by atoms with Gasteiger partial charge < -0.3 is 24.8 Å². The number of amides is 1. The Morgan fingerprint density at radius 2 is 2.00 bits per heavy atom. The summed E-state index contributed by atoms with van der Waals surface area (Å²) in [7, 11) is 1.53. The molecule has 0 fully saturated rings. The molecule has 0 spiro atoms. The van der Waals surface area contributed by atoms with Gasteiger partial charge in [0.1, 0.15) is 25.0 Å². The molecule has 0 unspecified atom stereocenters. The summed E-state index contributed by atoms with van der Waals surface area (Å²) in [6.45, 7) is 4.64. The fourth-order valence-corrected chi connectivity index (χ4v) is 2.81. The van der Waals surface area contributed by atoms with Gasteiger partial charge in [0, 0.05) is 11.1 Å². The first-order valence-corrected chi connectivity index (χ1v) is 8.67. The normalized spacial score (nSPS) is 13.7. The average molecular weight is 377 g/mol. The van der Waals surface area contributed by atoms with Crippen LogP contribution in [0.4, 0.5) is 11.4 Å². The van der Waals surface area contributed by atoms with Gasteiger partial charge in [-0.1, -0.05) is 17.7 Å². The van der Waals surface area contributed by atoms with Crippen LogP contribution < -0.4 is 24.8 Å². The van der Waals surface area contributed by atoms with Gasteiger partial charge in [0.15, 0.2) is 11.5 Å². The molecule has 7 heteroatoms. The summed E-state index contributed by atoms with van der Waals surface area (Å²) in [5.74, 6) is 1.59. The summed E-state index contributed by atoms with van der Waals surface area (Å²) in [4.78, 5) is 12.6. The molecule has 0 saturated carbocycles. The van der Waals surface area contributed by atoms with Crippen molar-refractivity contribution in [1.29, 1.82) is 0 Å². The number of ether oxygens (including phenoxy) is 3. The van der Waals surface area contributed by atoms with Gasteiger partial charge in [0.05, 0.1) is 18.5 Å². The fraction of sp³-hybridized carbons (Fsp3) is 0.316. The summed E-state index contributed by atoms with van der Waals surface area (Å²) < 4.78 is 16.5. The number of methoxy groups -OCH3 is 1. The minimum Gasteiger partial charge on any atom is -0.495 e. The maximum Gasteiger partial charge on any atom is 0.246 e. The van der Waals surface area contributed by atoms with E-state index in [0.717, 1.165) is 5.56 Å². The Labute approximate surface area is 157 Å². The van der Waals surface area contributed by atoms with E-state index in [9.17, 15) is 4.79 Å². The van der Waals surface area contributed by atoms with E-state index in [4.69, 9.17) is 25.8 Å². The smallest absolute Gasteiger partial charge is 0.246 e. The molecule has 0 aliphatic carbocycles. The van der Waals surface area contributed by atoms with E-state index < -0.39 is 6.04 Å². The van der Waals surface area contributed by atoms with Crippen LogP contribution in [0.25, 0.3) is 0 Å². The molecule has 2 aromatic carbocycles. The van der Waals surface area contributed by atoms with Crippen molar-refractivity contribution in [1.82, 2.24) is 0 Å². The molecule has 1 aliphatic rings. The highest BCUT2D eigenvalue weighted by Crippen LogP contribution is 2.37. The Balaban J connectivity index is 1.74. The minimum atomic E-state index is -0.507. The third kappa shape index (κ3) is 3.80. The highest BCUT2D eigenvalue weighted by atomic mass is 35.5. The number of para-hydroxylation sites is 1. The van der Waals surface area contributed by atoms with Crippen LogP contribution in [0.3, 0.4) is 0 Å². The summed E-state index contributed by atoms with van der Waals surface area (Å²) in [5.41, 5.74) is 2.14. The number of benzene rings is 2. The van der Waals surface area contributed by atoms with Crippen LogP contribution in [-0.2, 0) is 4.79 Å². The molecule has 1 atom stereocenters. The maximum absolute atomic E-state index is 12.6. The third-order valence-corrected chi connectivity index (χ3v) is 4.48. The molecule has 0 aromatic heterocycles. The van der Waals surface area contributed by atoms with Gasteiger partial charge >= 0.3 is 0 Å². The van der Waals surface area contributed by atoms with Gasteiger partial charge in [0.2, 0.25) is 5.91 Å². The van der Waals surface area contributed by atoms with Crippen molar-refractivity contribution in [3.8, 4) is 17.2 Å². The first kappa shape index (κ1) is 18.2. The fourth-order valence-electron chi connectivity index (χ4n) is 2.66. The van der Waals surface area contributed by atoms with Crippen LogP contribution >= 0.6 is 11.6 Å². The van der Waals surface area contributed by atoms with Gasteiger partial charge in [-0.25, -0.2) is 0 Å². The van der Waals surface area contributed by atoms with Crippen LogP contribution in [-0.4, -0.2) is 32.3 Å². The molecule has 1 amide bonds. The summed E-state index contributed by atoms with van der Waals surface area (Å²) in [6.07, 6.45) is 0. The monoisotopic (exact) mass is 376 g/mol. The predicted molar refractivity (Wildman–Crippen MR) is 102 cm³/mol. The lowest BCUT2D eigenvalue weighted by Crippen LogP contribution is -2.32. The molecular weight excluding hydrogens is 356 g/mol. The number of hydrogen-bond donors (Lipinski definition) is 2. The summed E-state index contributed by atoms with van der Waals surface area (Å²) >= 11 is 6.11. The topological polar surface area (TPSA) is 68.8 Å². The van der Waals surface area contributed by atoms with Gasteiger partial charge in [0.25, 0.3) is 0 Å². The number of fused-ring (bicyclic) bond motifs is 1. The number of halogens is 1. The van der Waals surface area contributed by atoms with Crippen molar-refractivity contribution in [3.63, 3.8) is 0 Å². The molecule has 0 radical (unpaired) electrons. The lowest BCUT2D eigenvalue weighted by atomic mass is 10.2. The first-order chi connectivity index (χ1) is 12.5. The van der Waals surface area contributed by atoms with Crippen LogP contribution in [0.2, 0.25) is 5.02 Å². The van der Waals surface area contributed by atoms with Crippen LogP contribution in [0.5, 0.6) is 17.2 Å². The van der Waals surface area contributed by atoms with E-state index in [-0.39, 0.29) is 5.91 Å².